The first-order chi connectivity index (χ1) is 9.58. The van der Waals surface area contributed by atoms with Crippen LogP contribution in [-0.2, 0) is 11.2 Å². The molecule has 0 unspecified atom stereocenters. The predicted octanol–water partition coefficient (Wildman–Crippen LogP) is 3.26. The normalized spacial score (nSPS) is 18.1. The van der Waals surface area contributed by atoms with Crippen molar-refractivity contribution in [1.29, 1.82) is 0 Å². The number of hydrogen-bond acceptors (Lipinski definition) is 2. The third-order valence-electron chi connectivity index (χ3n) is 4.48. The highest BCUT2D eigenvalue weighted by Crippen LogP contribution is 2.24. The van der Waals surface area contributed by atoms with Crippen molar-refractivity contribution in [3.05, 3.63) is 35.4 Å². The second kappa shape index (κ2) is 6.89. The van der Waals surface area contributed by atoms with E-state index in [9.17, 15) is 9.90 Å². The molecule has 3 heteroatoms. The number of carbonyl (C=O) groups is 1. The summed E-state index contributed by atoms with van der Waals surface area (Å²) in [5.74, 6) is -0.710. The van der Waals surface area contributed by atoms with Crippen molar-refractivity contribution >= 4 is 5.97 Å². The number of rotatable bonds is 5. The molecule has 1 aliphatic rings. The minimum absolute atomic E-state index is 0.416. The van der Waals surface area contributed by atoms with E-state index < -0.39 is 12.0 Å². The molecule has 1 aromatic rings. The number of hydrogen-bond donors (Lipinski definition) is 1. The summed E-state index contributed by atoms with van der Waals surface area (Å²) < 4.78 is 0. The second-order valence-corrected chi connectivity index (χ2v) is 6.00. The van der Waals surface area contributed by atoms with Crippen LogP contribution in [0.3, 0.4) is 0 Å². The molecule has 0 bridgehead atoms. The number of carboxylic acid groups (broad SMARTS) is 1. The Hall–Kier alpha value is -1.35. The lowest BCUT2D eigenvalue weighted by molar-refractivity contribution is -0.143. The van der Waals surface area contributed by atoms with Crippen LogP contribution in [0.15, 0.2) is 24.3 Å². The lowest BCUT2D eigenvalue weighted by atomic mass is 9.92. The SMILES string of the molecule is Cc1ccc(C[C@@H](C(=O)O)N(C)C2CCCCC2)cc1. The summed E-state index contributed by atoms with van der Waals surface area (Å²) in [7, 11) is 1.98. The molecule has 2 rings (SSSR count). The summed E-state index contributed by atoms with van der Waals surface area (Å²) >= 11 is 0. The van der Waals surface area contributed by atoms with Crippen molar-refractivity contribution < 1.29 is 9.90 Å². The highest BCUT2D eigenvalue weighted by molar-refractivity contribution is 5.74. The molecule has 0 aliphatic heterocycles. The van der Waals surface area contributed by atoms with Crippen LogP contribution in [0.5, 0.6) is 0 Å². The predicted molar refractivity (Wildman–Crippen MR) is 80.9 cm³/mol. The van der Waals surface area contributed by atoms with Crippen LogP contribution < -0.4 is 0 Å². The first kappa shape index (κ1) is 15.0. The van der Waals surface area contributed by atoms with Gasteiger partial charge < -0.3 is 5.11 Å². The van der Waals surface area contributed by atoms with Crippen molar-refractivity contribution in [2.45, 2.75) is 57.5 Å². The topological polar surface area (TPSA) is 40.5 Å². The Balaban J connectivity index is 2.05. The van der Waals surface area contributed by atoms with Crippen molar-refractivity contribution in [3.8, 4) is 0 Å². The first-order valence-corrected chi connectivity index (χ1v) is 7.58. The van der Waals surface area contributed by atoms with E-state index in [0.717, 1.165) is 18.4 Å². The number of aliphatic carboxylic acids is 1. The Morgan fingerprint density at radius 3 is 2.40 bits per heavy atom. The van der Waals surface area contributed by atoms with Gasteiger partial charge in [0, 0.05) is 6.04 Å². The van der Waals surface area contributed by atoms with Crippen molar-refractivity contribution in [3.63, 3.8) is 0 Å². The van der Waals surface area contributed by atoms with Crippen LogP contribution in [0.4, 0.5) is 0 Å². The Kier molecular flexibility index (Phi) is 5.18. The van der Waals surface area contributed by atoms with Gasteiger partial charge >= 0.3 is 5.97 Å². The fourth-order valence-corrected chi connectivity index (χ4v) is 3.10. The lowest BCUT2D eigenvalue weighted by Gasteiger charge is -2.35. The summed E-state index contributed by atoms with van der Waals surface area (Å²) in [5, 5.41) is 9.55. The molecule has 0 amide bonds. The number of aryl methyl sites for hydroxylation is 1. The van der Waals surface area contributed by atoms with E-state index in [1.165, 1.54) is 24.8 Å². The molecule has 1 aliphatic carbocycles. The van der Waals surface area contributed by atoms with Gasteiger partial charge in [-0.1, -0.05) is 49.1 Å². The molecule has 1 saturated carbocycles. The van der Waals surface area contributed by atoms with Gasteiger partial charge in [0.05, 0.1) is 0 Å². The van der Waals surface area contributed by atoms with Gasteiger partial charge in [0.2, 0.25) is 0 Å². The maximum Gasteiger partial charge on any atom is 0.321 e. The maximum atomic E-state index is 11.6. The molecule has 1 N–H and O–H groups in total. The third kappa shape index (κ3) is 3.83. The average Bonchev–Trinajstić information content (AvgIpc) is 2.46. The van der Waals surface area contributed by atoms with E-state index in [-0.39, 0.29) is 0 Å². The zero-order chi connectivity index (χ0) is 14.5. The smallest absolute Gasteiger partial charge is 0.321 e. The van der Waals surface area contributed by atoms with Crippen LogP contribution >= 0.6 is 0 Å². The summed E-state index contributed by atoms with van der Waals surface area (Å²) in [6, 6.07) is 8.19. The minimum atomic E-state index is -0.710. The average molecular weight is 275 g/mol. The Morgan fingerprint density at radius 2 is 1.85 bits per heavy atom. The highest BCUT2D eigenvalue weighted by atomic mass is 16.4. The lowest BCUT2D eigenvalue weighted by Crippen LogP contribution is -2.46. The minimum Gasteiger partial charge on any atom is -0.480 e. The number of nitrogens with zero attached hydrogens (tertiary/aromatic N) is 1. The molecule has 1 atom stereocenters. The van der Waals surface area contributed by atoms with Gasteiger partial charge in [-0.05, 0) is 38.8 Å². The molecule has 0 saturated heterocycles. The van der Waals surface area contributed by atoms with Crippen LogP contribution in [0.2, 0.25) is 0 Å². The van der Waals surface area contributed by atoms with Gasteiger partial charge in [-0.2, -0.15) is 0 Å². The molecule has 0 radical (unpaired) electrons. The quantitative estimate of drug-likeness (QED) is 0.896. The van der Waals surface area contributed by atoms with Gasteiger partial charge in [0.15, 0.2) is 0 Å². The van der Waals surface area contributed by atoms with Gasteiger partial charge in [-0.25, -0.2) is 0 Å². The van der Waals surface area contributed by atoms with E-state index in [1.807, 2.05) is 26.1 Å². The van der Waals surface area contributed by atoms with Gasteiger partial charge in [-0.15, -0.1) is 0 Å². The summed E-state index contributed by atoms with van der Waals surface area (Å²) in [5.41, 5.74) is 2.31. The molecule has 20 heavy (non-hydrogen) atoms. The van der Waals surface area contributed by atoms with E-state index >= 15 is 0 Å². The van der Waals surface area contributed by atoms with Crippen LogP contribution in [0.1, 0.15) is 43.2 Å². The number of benzene rings is 1. The number of carboxylic acids is 1. The van der Waals surface area contributed by atoms with Gasteiger partial charge in [0.1, 0.15) is 6.04 Å². The standard InChI is InChI=1S/C17H25NO2/c1-13-8-10-14(11-9-13)12-16(17(19)20)18(2)15-6-4-3-5-7-15/h8-11,15-16H,3-7,12H2,1-2H3,(H,19,20)/t16-/m0/s1. The van der Waals surface area contributed by atoms with Crippen molar-refractivity contribution in [2.24, 2.45) is 0 Å². The first-order valence-electron chi connectivity index (χ1n) is 7.58. The Bertz CT molecular complexity index is 435. The molecule has 0 heterocycles. The molecular weight excluding hydrogens is 250 g/mol. The Labute approximate surface area is 121 Å². The molecule has 1 aromatic carbocycles. The van der Waals surface area contributed by atoms with E-state index in [2.05, 4.69) is 17.0 Å². The van der Waals surface area contributed by atoms with E-state index in [4.69, 9.17) is 0 Å². The number of likely N-dealkylation sites (N-methyl/N-ethyl adjacent to an activating group) is 1. The highest BCUT2D eigenvalue weighted by Gasteiger charge is 2.29. The van der Waals surface area contributed by atoms with Crippen LogP contribution in [0.25, 0.3) is 0 Å². The zero-order valence-electron chi connectivity index (χ0n) is 12.5. The molecule has 0 aromatic heterocycles. The van der Waals surface area contributed by atoms with Crippen molar-refractivity contribution in [1.82, 2.24) is 4.90 Å². The van der Waals surface area contributed by atoms with E-state index in [0.29, 0.717) is 12.5 Å². The fraction of sp³-hybridized carbons (Fsp3) is 0.588. The maximum absolute atomic E-state index is 11.6. The van der Waals surface area contributed by atoms with Gasteiger partial charge in [-0.3, -0.25) is 9.69 Å². The van der Waals surface area contributed by atoms with E-state index in [1.54, 1.807) is 0 Å². The van der Waals surface area contributed by atoms with Gasteiger partial charge in [0.25, 0.3) is 0 Å². The summed E-state index contributed by atoms with van der Waals surface area (Å²) in [4.78, 5) is 13.7. The molecule has 110 valence electrons. The summed E-state index contributed by atoms with van der Waals surface area (Å²) in [6.45, 7) is 2.05. The largest absolute Gasteiger partial charge is 0.480 e. The van der Waals surface area contributed by atoms with Crippen LogP contribution in [-0.4, -0.2) is 35.1 Å². The zero-order valence-corrected chi connectivity index (χ0v) is 12.5. The summed E-state index contributed by atoms with van der Waals surface area (Å²) in [6.07, 6.45) is 6.60. The Morgan fingerprint density at radius 1 is 1.25 bits per heavy atom. The second-order valence-electron chi connectivity index (χ2n) is 6.00. The third-order valence-corrected chi connectivity index (χ3v) is 4.48. The fourth-order valence-electron chi connectivity index (χ4n) is 3.10. The molecule has 3 nitrogen and oxygen atoms in total. The molecule has 0 spiro atoms. The molecular formula is C17H25NO2. The van der Waals surface area contributed by atoms with Crippen molar-refractivity contribution in [2.75, 3.05) is 7.05 Å². The molecule has 1 fully saturated rings. The monoisotopic (exact) mass is 275 g/mol. The van der Waals surface area contributed by atoms with Crippen LogP contribution in [0, 0.1) is 6.92 Å².